The third kappa shape index (κ3) is 17.2. The zero-order valence-corrected chi connectivity index (χ0v) is 14.7. The maximum absolute atomic E-state index is 10.9. The summed E-state index contributed by atoms with van der Waals surface area (Å²) in [6.45, 7) is 7.64. The van der Waals surface area contributed by atoms with Crippen LogP contribution in [0.3, 0.4) is 0 Å². The van der Waals surface area contributed by atoms with Crippen LogP contribution >= 0.6 is 0 Å². The van der Waals surface area contributed by atoms with E-state index < -0.39 is 0 Å². The van der Waals surface area contributed by atoms with Crippen molar-refractivity contribution in [1.82, 2.24) is 5.32 Å². The molecule has 22 heavy (non-hydrogen) atoms. The SMILES string of the molecule is C=CC(=O)NCCOCCCCCCCCCCCCCC. The first-order valence-electron chi connectivity index (χ1n) is 9.29. The minimum atomic E-state index is -0.131. The Bertz CT molecular complexity index is 254. The van der Waals surface area contributed by atoms with E-state index in [4.69, 9.17) is 4.74 Å². The third-order valence-electron chi connectivity index (χ3n) is 3.87. The van der Waals surface area contributed by atoms with Crippen LogP contribution in [0.2, 0.25) is 0 Å². The van der Waals surface area contributed by atoms with Gasteiger partial charge >= 0.3 is 0 Å². The van der Waals surface area contributed by atoms with Crippen molar-refractivity contribution >= 4 is 5.91 Å². The Balaban J connectivity index is 2.99. The number of hydrogen-bond donors (Lipinski definition) is 1. The molecule has 0 heterocycles. The van der Waals surface area contributed by atoms with E-state index >= 15 is 0 Å². The largest absolute Gasteiger partial charge is 0.380 e. The van der Waals surface area contributed by atoms with Crippen LogP contribution in [0.1, 0.15) is 84.0 Å². The van der Waals surface area contributed by atoms with Crippen molar-refractivity contribution in [2.45, 2.75) is 84.0 Å². The smallest absolute Gasteiger partial charge is 0.243 e. The summed E-state index contributed by atoms with van der Waals surface area (Å²) in [6, 6.07) is 0. The van der Waals surface area contributed by atoms with Crippen molar-refractivity contribution in [2.75, 3.05) is 19.8 Å². The molecular weight excluding hydrogens is 274 g/mol. The molecule has 3 heteroatoms. The van der Waals surface area contributed by atoms with Crippen LogP contribution < -0.4 is 5.32 Å². The van der Waals surface area contributed by atoms with Crippen LogP contribution in [-0.2, 0) is 9.53 Å². The Morgan fingerprint density at radius 3 is 1.86 bits per heavy atom. The quantitative estimate of drug-likeness (QED) is 0.303. The molecule has 0 aromatic heterocycles. The predicted molar refractivity (Wildman–Crippen MR) is 95.1 cm³/mol. The Morgan fingerprint density at radius 1 is 0.864 bits per heavy atom. The van der Waals surface area contributed by atoms with E-state index in [0.717, 1.165) is 13.0 Å². The number of rotatable bonds is 17. The lowest BCUT2D eigenvalue weighted by Crippen LogP contribution is -2.25. The predicted octanol–water partition coefficient (Wildman–Crippen LogP) is 5.01. The van der Waals surface area contributed by atoms with E-state index in [2.05, 4.69) is 18.8 Å². The van der Waals surface area contributed by atoms with Crippen LogP contribution in [0, 0.1) is 0 Å². The normalized spacial score (nSPS) is 10.6. The van der Waals surface area contributed by atoms with E-state index in [1.807, 2.05) is 0 Å². The molecule has 0 radical (unpaired) electrons. The molecule has 0 spiro atoms. The van der Waals surface area contributed by atoms with Gasteiger partial charge in [0.15, 0.2) is 0 Å². The van der Waals surface area contributed by atoms with Crippen LogP contribution in [-0.4, -0.2) is 25.7 Å². The number of amides is 1. The zero-order valence-electron chi connectivity index (χ0n) is 14.7. The second-order valence-corrected chi connectivity index (χ2v) is 6.00. The number of hydrogen-bond acceptors (Lipinski definition) is 2. The Morgan fingerprint density at radius 2 is 1.36 bits per heavy atom. The molecule has 1 amide bonds. The van der Waals surface area contributed by atoms with Gasteiger partial charge in [0.05, 0.1) is 6.61 Å². The van der Waals surface area contributed by atoms with Crippen LogP contribution in [0.15, 0.2) is 12.7 Å². The number of unbranched alkanes of at least 4 members (excludes halogenated alkanes) is 11. The summed E-state index contributed by atoms with van der Waals surface area (Å²) in [4.78, 5) is 10.9. The summed E-state index contributed by atoms with van der Waals surface area (Å²) in [5.74, 6) is -0.131. The lowest BCUT2D eigenvalue weighted by atomic mass is 10.1. The van der Waals surface area contributed by atoms with E-state index in [0.29, 0.717) is 13.2 Å². The van der Waals surface area contributed by atoms with Gasteiger partial charge in [-0.3, -0.25) is 4.79 Å². The molecule has 0 unspecified atom stereocenters. The summed E-state index contributed by atoms with van der Waals surface area (Å²) < 4.78 is 5.47. The van der Waals surface area contributed by atoms with Crippen LogP contribution in [0.4, 0.5) is 0 Å². The van der Waals surface area contributed by atoms with Gasteiger partial charge in [-0.2, -0.15) is 0 Å². The average Bonchev–Trinajstić information content (AvgIpc) is 2.54. The highest BCUT2D eigenvalue weighted by molar-refractivity contribution is 5.86. The molecule has 0 aromatic rings. The lowest BCUT2D eigenvalue weighted by molar-refractivity contribution is -0.116. The van der Waals surface area contributed by atoms with Gasteiger partial charge in [-0.05, 0) is 12.5 Å². The van der Waals surface area contributed by atoms with Crippen molar-refractivity contribution < 1.29 is 9.53 Å². The summed E-state index contributed by atoms with van der Waals surface area (Å²) in [6.07, 6.45) is 17.6. The molecule has 0 saturated carbocycles. The zero-order chi connectivity index (χ0) is 16.3. The molecule has 0 saturated heterocycles. The van der Waals surface area contributed by atoms with Gasteiger partial charge < -0.3 is 10.1 Å². The molecular formula is C19H37NO2. The first kappa shape index (κ1) is 21.2. The minimum absolute atomic E-state index is 0.131. The number of carbonyl (C=O) groups excluding carboxylic acids is 1. The maximum Gasteiger partial charge on any atom is 0.243 e. The molecule has 0 fully saturated rings. The van der Waals surface area contributed by atoms with Crippen molar-refractivity contribution in [3.05, 3.63) is 12.7 Å². The Labute approximate surface area is 137 Å². The molecule has 0 rings (SSSR count). The molecule has 0 aromatic carbocycles. The second-order valence-electron chi connectivity index (χ2n) is 6.00. The number of ether oxygens (including phenoxy) is 1. The fourth-order valence-corrected chi connectivity index (χ4v) is 2.47. The average molecular weight is 312 g/mol. The van der Waals surface area contributed by atoms with Crippen molar-refractivity contribution in [2.24, 2.45) is 0 Å². The first-order chi connectivity index (χ1) is 10.8. The maximum atomic E-state index is 10.9. The van der Waals surface area contributed by atoms with Crippen molar-refractivity contribution in [3.8, 4) is 0 Å². The third-order valence-corrected chi connectivity index (χ3v) is 3.87. The molecule has 0 aliphatic carbocycles. The molecule has 0 bridgehead atoms. The molecule has 0 aliphatic heterocycles. The molecule has 1 N–H and O–H groups in total. The fourth-order valence-electron chi connectivity index (χ4n) is 2.47. The molecule has 0 aliphatic rings. The van der Waals surface area contributed by atoms with E-state index in [1.165, 1.54) is 76.7 Å². The monoisotopic (exact) mass is 311 g/mol. The van der Waals surface area contributed by atoms with Crippen LogP contribution in [0.25, 0.3) is 0 Å². The van der Waals surface area contributed by atoms with Gasteiger partial charge in [0.1, 0.15) is 0 Å². The van der Waals surface area contributed by atoms with Crippen LogP contribution in [0.5, 0.6) is 0 Å². The Hall–Kier alpha value is -0.830. The summed E-state index contributed by atoms with van der Waals surface area (Å²) in [5, 5.41) is 2.70. The van der Waals surface area contributed by atoms with E-state index in [9.17, 15) is 4.79 Å². The van der Waals surface area contributed by atoms with Crippen molar-refractivity contribution in [3.63, 3.8) is 0 Å². The first-order valence-corrected chi connectivity index (χ1v) is 9.29. The highest BCUT2D eigenvalue weighted by Gasteiger charge is 1.95. The summed E-state index contributed by atoms with van der Waals surface area (Å²) in [7, 11) is 0. The van der Waals surface area contributed by atoms with Gasteiger partial charge in [0, 0.05) is 13.2 Å². The van der Waals surface area contributed by atoms with E-state index in [-0.39, 0.29) is 5.91 Å². The topological polar surface area (TPSA) is 38.3 Å². The highest BCUT2D eigenvalue weighted by atomic mass is 16.5. The fraction of sp³-hybridized carbons (Fsp3) is 0.842. The lowest BCUT2D eigenvalue weighted by Gasteiger charge is -2.05. The van der Waals surface area contributed by atoms with Gasteiger partial charge in [0.25, 0.3) is 0 Å². The second kappa shape index (κ2) is 18.2. The minimum Gasteiger partial charge on any atom is -0.380 e. The number of nitrogens with one attached hydrogen (secondary N) is 1. The molecule has 0 atom stereocenters. The van der Waals surface area contributed by atoms with Crippen molar-refractivity contribution in [1.29, 1.82) is 0 Å². The van der Waals surface area contributed by atoms with Gasteiger partial charge in [-0.1, -0.05) is 84.1 Å². The van der Waals surface area contributed by atoms with Gasteiger partial charge in [-0.25, -0.2) is 0 Å². The van der Waals surface area contributed by atoms with E-state index in [1.54, 1.807) is 0 Å². The summed E-state index contributed by atoms with van der Waals surface area (Å²) in [5.41, 5.74) is 0. The molecule has 3 nitrogen and oxygen atoms in total. The summed E-state index contributed by atoms with van der Waals surface area (Å²) >= 11 is 0. The number of carbonyl (C=O) groups is 1. The molecule has 130 valence electrons. The standard InChI is InChI=1S/C19H37NO2/c1-3-5-6-7-8-9-10-11-12-13-14-15-17-22-18-16-20-19(21)4-2/h4H,2-3,5-18H2,1H3,(H,20,21). The highest BCUT2D eigenvalue weighted by Crippen LogP contribution is 2.11. The Kier molecular flexibility index (Phi) is 17.5. The van der Waals surface area contributed by atoms with Gasteiger partial charge in [-0.15, -0.1) is 0 Å². The van der Waals surface area contributed by atoms with Gasteiger partial charge in [0.2, 0.25) is 5.91 Å².